The highest BCUT2D eigenvalue weighted by Crippen LogP contribution is 2.23. The van der Waals surface area contributed by atoms with Gasteiger partial charge < -0.3 is 15.0 Å². The van der Waals surface area contributed by atoms with Crippen LogP contribution in [0.5, 0.6) is 5.75 Å². The van der Waals surface area contributed by atoms with Crippen molar-refractivity contribution in [1.82, 2.24) is 14.9 Å². The molecule has 172 valence electrons. The van der Waals surface area contributed by atoms with Crippen LogP contribution in [0.2, 0.25) is 0 Å². The van der Waals surface area contributed by atoms with Gasteiger partial charge in [0.25, 0.3) is 11.5 Å². The Kier molecular flexibility index (Phi) is 5.99. The van der Waals surface area contributed by atoms with E-state index in [1.807, 2.05) is 54.6 Å². The van der Waals surface area contributed by atoms with E-state index in [-0.39, 0.29) is 11.5 Å². The maximum atomic E-state index is 13.6. The Labute approximate surface area is 197 Å². The first kappa shape index (κ1) is 21.7. The second kappa shape index (κ2) is 9.39. The van der Waals surface area contributed by atoms with Gasteiger partial charge in [0.1, 0.15) is 5.75 Å². The van der Waals surface area contributed by atoms with Crippen molar-refractivity contribution in [3.8, 4) is 11.4 Å². The van der Waals surface area contributed by atoms with Gasteiger partial charge in [-0.25, -0.2) is 9.55 Å². The normalized spacial score (nSPS) is 13.3. The molecule has 5 rings (SSSR count). The van der Waals surface area contributed by atoms with Crippen LogP contribution in [0.3, 0.4) is 0 Å². The SMILES string of the molecule is COc1ccccc1CNC(=O)c1ccc2c(=O)n(-c3ccccc3)c(N3CCCC3)nc2c1. The molecule has 1 aliphatic heterocycles. The van der Waals surface area contributed by atoms with Gasteiger partial charge in [-0.15, -0.1) is 0 Å². The number of hydrogen-bond donors (Lipinski definition) is 1. The fourth-order valence-electron chi connectivity index (χ4n) is 4.38. The summed E-state index contributed by atoms with van der Waals surface area (Å²) in [6, 6.07) is 22.2. The number of amides is 1. The number of rotatable bonds is 6. The van der Waals surface area contributed by atoms with Gasteiger partial charge in [-0.1, -0.05) is 36.4 Å². The molecule has 1 saturated heterocycles. The Bertz CT molecular complexity index is 1390. The summed E-state index contributed by atoms with van der Waals surface area (Å²) < 4.78 is 7.04. The molecule has 0 unspecified atom stereocenters. The molecular formula is C27H26N4O3. The molecule has 7 heteroatoms. The molecule has 1 fully saturated rings. The number of hydrogen-bond acceptors (Lipinski definition) is 5. The minimum atomic E-state index is -0.232. The van der Waals surface area contributed by atoms with E-state index < -0.39 is 0 Å². The number of aromatic nitrogens is 2. The molecule has 0 aliphatic carbocycles. The van der Waals surface area contributed by atoms with Crippen LogP contribution >= 0.6 is 0 Å². The smallest absolute Gasteiger partial charge is 0.267 e. The van der Waals surface area contributed by atoms with Crippen LogP contribution in [0.4, 0.5) is 5.95 Å². The molecule has 2 heterocycles. The fourth-order valence-corrected chi connectivity index (χ4v) is 4.38. The van der Waals surface area contributed by atoms with Gasteiger partial charge in [0.2, 0.25) is 5.95 Å². The topological polar surface area (TPSA) is 76.5 Å². The average molecular weight is 455 g/mol. The highest BCUT2D eigenvalue weighted by molar-refractivity contribution is 5.97. The van der Waals surface area contributed by atoms with Crippen molar-refractivity contribution in [1.29, 1.82) is 0 Å². The van der Waals surface area contributed by atoms with E-state index in [2.05, 4.69) is 10.2 Å². The lowest BCUT2D eigenvalue weighted by molar-refractivity contribution is 0.0951. The van der Waals surface area contributed by atoms with Gasteiger partial charge in [0.15, 0.2) is 0 Å². The monoisotopic (exact) mass is 454 g/mol. The van der Waals surface area contributed by atoms with Crippen molar-refractivity contribution in [2.75, 3.05) is 25.1 Å². The van der Waals surface area contributed by atoms with Crippen LogP contribution in [0.1, 0.15) is 28.8 Å². The standard InChI is InChI=1S/C27H26N4O3/c1-34-24-12-6-5-9-20(24)18-28-25(32)19-13-14-22-23(17-19)29-27(30-15-7-8-16-30)31(26(22)33)21-10-3-2-4-11-21/h2-6,9-14,17H,7-8,15-16,18H2,1H3,(H,28,32). The van der Waals surface area contributed by atoms with E-state index in [4.69, 9.17) is 9.72 Å². The largest absolute Gasteiger partial charge is 0.496 e. The van der Waals surface area contributed by atoms with E-state index in [0.717, 1.165) is 42.9 Å². The Morgan fingerprint density at radius 3 is 2.50 bits per heavy atom. The van der Waals surface area contributed by atoms with Gasteiger partial charge in [0, 0.05) is 30.8 Å². The number of methoxy groups -OCH3 is 1. The van der Waals surface area contributed by atoms with Crippen LogP contribution in [0.25, 0.3) is 16.6 Å². The molecule has 0 radical (unpaired) electrons. The van der Waals surface area contributed by atoms with Crippen LogP contribution in [0, 0.1) is 0 Å². The van der Waals surface area contributed by atoms with Crippen molar-refractivity contribution in [2.24, 2.45) is 0 Å². The third-order valence-corrected chi connectivity index (χ3v) is 6.15. The number of anilines is 1. The zero-order valence-electron chi connectivity index (χ0n) is 19.0. The lowest BCUT2D eigenvalue weighted by Crippen LogP contribution is -2.30. The second-order valence-electron chi connectivity index (χ2n) is 8.31. The van der Waals surface area contributed by atoms with Gasteiger partial charge >= 0.3 is 0 Å². The molecule has 0 saturated carbocycles. The molecule has 1 amide bonds. The fraction of sp³-hybridized carbons (Fsp3) is 0.222. The van der Waals surface area contributed by atoms with Crippen molar-refractivity contribution in [2.45, 2.75) is 19.4 Å². The number of ether oxygens (including phenoxy) is 1. The molecule has 7 nitrogen and oxygen atoms in total. The predicted molar refractivity (Wildman–Crippen MR) is 133 cm³/mol. The van der Waals surface area contributed by atoms with Crippen molar-refractivity contribution in [3.63, 3.8) is 0 Å². The molecule has 0 atom stereocenters. The summed E-state index contributed by atoms with van der Waals surface area (Å²) in [6.07, 6.45) is 2.13. The average Bonchev–Trinajstić information content (AvgIpc) is 3.42. The summed E-state index contributed by atoms with van der Waals surface area (Å²) in [4.78, 5) is 33.5. The Balaban J connectivity index is 1.51. The summed E-state index contributed by atoms with van der Waals surface area (Å²) >= 11 is 0. The molecule has 4 aromatic rings. The van der Waals surface area contributed by atoms with Crippen molar-refractivity contribution in [3.05, 3.63) is 94.3 Å². The summed E-state index contributed by atoms with van der Waals surface area (Å²) in [7, 11) is 1.61. The summed E-state index contributed by atoms with van der Waals surface area (Å²) in [5, 5.41) is 3.42. The lowest BCUT2D eigenvalue weighted by atomic mass is 10.1. The molecule has 0 spiro atoms. The Morgan fingerprint density at radius 2 is 1.74 bits per heavy atom. The van der Waals surface area contributed by atoms with Crippen molar-refractivity contribution >= 4 is 22.8 Å². The molecular weight excluding hydrogens is 428 g/mol. The van der Waals surface area contributed by atoms with Gasteiger partial charge in [-0.05, 0) is 49.2 Å². The van der Waals surface area contributed by atoms with Gasteiger partial charge in [0.05, 0.1) is 23.7 Å². The van der Waals surface area contributed by atoms with Crippen LogP contribution in [-0.4, -0.2) is 35.7 Å². The highest BCUT2D eigenvalue weighted by Gasteiger charge is 2.21. The number of nitrogens with one attached hydrogen (secondary N) is 1. The Morgan fingerprint density at radius 1 is 1.00 bits per heavy atom. The number of para-hydroxylation sites is 2. The minimum absolute atomic E-state index is 0.140. The van der Waals surface area contributed by atoms with Crippen molar-refractivity contribution < 1.29 is 9.53 Å². The minimum Gasteiger partial charge on any atom is -0.496 e. The summed E-state index contributed by atoms with van der Waals surface area (Å²) in [5.74, 6) is 1.11. The zero-order valence-corrected chi connectivity index (χ0v) is 19.0. The Hall–Kier alpha value is -4.13. The number of fused-ring (bicyclic) bond motifs is 1. The molecule has 3 aromatic carbocycles. The molecule has 1 aromatic heterocycles. The number of nitrogens with zero attached hydrogens (tertiary/aromatic N) is 3. The third-order valence-electron chi connectivity index (χ3n) is 6.15. The maximum absolute atomic E-state index is 13.6. The predicted octanol–water partition coefficient (Wildman–Crippen LogP) is 3.92. The van der Waals surface area contributed by atoms with E-state index >= 15 is 0 Å². The first-order valence-corrected chi connectivity index (χ1v) is 11.4. The number of carbonyl (C=O) groups is 1. The highest BCUT2D eigenvalue weighted by atomic mass is 16.5. The zero-order chi connectivity index (χ0) is 23.5. The third kappa shape index (κ3) is 4.12. The molecule has 1 N–H and O–H groups in total. The summed E-state index contributed by atoms with van der Waals surface area (Å²) in [6.45, 7) is 2.04. The summed E-state index contributed by atoms with van der Waals surface area (Å²) in [5.41, 5.74) is 2.50. The lowest BCUT2D eigenvalue weighted by Gasteiger charge is -2.22. The van der Waals surface area contributed by atoms with E-state index in [0.29, 0.717) is 29.0 Å². The maximum Gasteiger partial charge on any atom is 0.267 e. The molecule has 0 bridgehead atoms. The van der Waals surface area contributed by atoms with Crippen LogP contribution in [0.15, 0.2) is 77.6 Å². The van der Waals surface area contributed by atoms with Crippen LogP contribution in [-0.2, 0) is 6.54 Å². The van der Waals surface area contributed by atoms with E-state index in [1.165, 1.54) is 0 Å². The number of benzene rings is 3. The van der Waals surface area contributed by atoms with E-state index in [9.17, 15) is 9.59 Å². The quantitative estimate of drug-likeness (QED) is 0.478. The van der Waals surface area contributed by atoms with Gasteiger partial charge in [-0.3, -0.25) is 9.59 Å². The van der Waals surface area contributed by atoms with Crippen LogP contribution < -0.4 is 20.5 Å². The second-order valence-corrected chi connectivity index (χ2v) is 8.31. The molecule has 1 aliphatic rings. The van der Waals surface area contributed by atoms with Gasteiger partial charge in [-0.2, -0.15) is 0 Å². The first-order valence-electron chi connectivity index (χ1n) is 11.4. The number of carbonyl (C=O) groups excluding carboxylic acids is 1. The molecule has 34 heavy (non-hydrogen) atoms. The first-order chi connectivity index (χ1) is 16.7. The van der Waals surface area contributed by atoms with E-state index in [1.54, 1.807) is 29.9 Å².